The number of benzene rings is 2. The fourth-order valence-corrected chi connectivity index (χ4v) is 2.83. The molecular weight excluding hydrogens is 220 g/mol. The van der Waals surface area contributed by atoms with Gasteiger partial charge in [0, 0.05) is 11.0 Å². The smallest absolute Gasteiger partial charge is 0.119 e. The van der Waals surface area contributed by atoms with E-state index in [1.54, 1.807) is 6.07 Å². The Balaban J connectivity index is 2.62. The zero-order valence-electron chi connectivity index (χ0n) is 11.1. The van der Waals surface area contributed by atoms with Crippen LogP contribution in [0.1, 0.15) is 37.8 Å². The lowest BCUT2D eigenvalue weighted by molar-refractivity contribution is 0.419. The summed E-state index contributed by atoms with van der Waals surface area (Å²) in [5.74, 6) is 0.394. The van der Waals surface area contributed by atoms with Crippen molar-refractivity contribution in [2.24, 2.45) is 0 Å². The fraction of sp³-hybridized carbons (Fsp3) is 0.294. The summed E-state index contributed by atoms with van der Waals surface area (Å²) >= 11 is 0. The molecule has 0 atom stereocenters. The first-order valence-electron chi connectivity index (χ1n) is 6.58. The largest absolute Gasteiger partial charge is 0.508 e. The van der Waals surface area contributed by atoms with Crippen LogP contribution >= 0.6 is 0 Å². The zero-order chi connectivity index (χ0) is 13.0. The van der Waals surface area contributed by atoms with Crippen molar-refractivity contribution in [3.63, 3.8) is 0 Å². The number of hydrogen-bond acceptors (Lipinski definition) is 1. The van der Waals surface area contributed by atoms with Gasteiger partial charge in [0.1, 0.15) is 5.75 Å². The monoisotopic (exact) mass is 240 g/mol. The molecule has 0 unspecified atom stereocenters. The number of aromatic hydroxyl groups is 1. The van der Waals surface area contributed by atoms with Gasteiger partial charge in [0.25, 0.3) is 0 Å². The van der Waals surface area contributed by atoms with Crippen molar-refractivity contribution >= 4 is 0 Å². The van der Waals surface area contributed by atoms with E-state index in [2.05, 4.69) is 38.1 Å². The van der Waals surface area contributed by atoms with Crippen molar-refractivity contribution < 1.29 is 5.11 Å². The molecule has 2 rings (SSSR count). The van der Waals surface area contributed by atoms with Crippen molar-refractivity contribution in [2.75, 3.05) is 0 Å². The average Bonchev–Trinajstić information content (AvgIpc) is 2.44. The van der Waals surface area contributed by atoms with Crippen molar-refractivity contribution in [1.82, 2.24) is 0 Å². The summed E-state index contributed by atoms with van der Waals surface area (Å²) in [7, 11) is 0. The van der Waals surface area contributed by atoms with Gasteiger partial charge in [-0.2, -0.15) is 0 Å². The second-order valence-corrected chi connectivity index (χ2v) is 4.67. The molecule has 2 aromatic rings. The van der Waals surface area contributed by atoms with Crippen molar-refractivity contribution in [1.29, 1.82) is 0 Å². The minimum absolute atomic E-state index is 0.0907. The maximum absolute atomic E-state index is 10.2. The van der Waals surface area contributed by atoms with Gasteiger partial charge in [0.15, 0.2) is 0 Å². The third-order valence-corrected chi connectivity index (χ3v) is 3.95. The Morgan fingerprint density at radius 1 is 0.833 bits per heavy atom. The highest BCUT2D eigenvalue weighted by atomic mass is 16.3. The lowest BCUT2D eigenvalue weighted by atomic mass is 9.70. The fourth-order valence-electron chi connectivity index (χ4n) is 2.83. The Labute approximate surface area is 109 Å². The molecule has 18 heavy (non-hydrogen) atoms. The first-order valence-corrected chi connectivity index (χ1v) is 6.58. The molecule has 0 spiro atoms. The standard InChI is InChI=1S/C17H20O/c1-3-17(4-2,14-10-6-5-7-11-14)15-12-8-9-13-16(15)18/h5-13,18H,3-4H2,1-2H3. The van der Waals surface area contributed by atoms with Crippen molar-refractivity contribution in [2.45, 2.75) is 32.1 Å². The maximum atomic E-state index is 10.2. The summed E-state index contributed by atoms with van der Waals surface area (Å²) in [6, 6.07) is 18.2. The second-order valence-electron chi connectivity index (χ2n) is 4.67. The Kier molecular flexibility index (Phi) is 3.71. The average molecular weight is 240 g/mol. The Bertz CT molecular complexity index is 498. The van der Waals surface area contributed by atoms with Gasteiger partial charge in [-0.3, -0.25) is 0 Å². The number of hydrogen-bond donors (Lipinski definition) is 1. The van der Waals surface area contributed by atoms with Gasteiger partial charge >= 0.3 is 0 Å². The highest BCUT2D eigenvalue weighted by Crippen LogP contribution is 2.42. The molecule has 0 aromatic heterocycles. The molecule has 0 radical (unpaired) electrons. The van der Waals surface area contributed by atoms with Gasteiger partial charge < -0.3 is 5.11 Å². The van der Waals surface area contributed by atoms with Crippen LogP contribution in [0.5, 0.6) is 5.75 Å². The van der Waals surface area contributed by atoms with Crippen molar-refractivity contribution in [3.8, 4) is 5.75 Å². The number of rotatable bonds is 4. The minimum Gasteiger partial charge on any atom is -0.508 e. The molecular formula is C17H20O. The van der Waals surface area contributed by atoms with Gasteiger partial charge in [0.05, 0.1) is 0 Å². The van der Waals surface area contributed by atoms with Crippen LogP contribution in [0, 0.1) is 0 Å². The van der Waals surface area contributed by atoms with Crippen LogP contribution in [0.3, 0.4) is 0 Å². The van der Waals surface area contributed by atoms with Gasteiger partial charge in [-0.25, -0.2) is 0 Å². The molecule has 0 aliphatic heterocycles. The zero-order valence-corrected chi connectivity index (χ0v) is 11.1. The van der Waals surface area contributed by atoms with Gasteiger partial charge in [-0.05, 0) is 24.5 Å². The highest BCUT2D eigenvalue weighted by molar-refractivity contribution is 5.46. The molecule has 0 bridgehead atoms. The molecule has 1 nitrogen and oxygen atoms in total. The molecule has 0 aliphatic carbocycles. The number of phenols is 1. The summed E-state index contributed by atoms with van der Waals surface area (Å²) in [4.78, 5) is 0. The molecule has 2 aromatic carbocycles. The van der Waals surface area contributed by atoms with Gasteiger partial charge in [-0.1, -0.05) is 62.4 Å². The van der Waals surface area contributed by atoms with Crippen molar-refractivity contribution in [3.05, 3.63) is 65.7 Å². The van der Waals surface area contributed by atoms with E-state index in [4.69, 9.17) is 0 Å². The van der Waals surface area contributed by atoms with Gasteiger partial charge in [-0.15, -0.1) is 0 Å². The molecule has 0 aliphatic rings. The molecule has 94 valence electrons. The van der Waals surface area contributed by atoms with E-state index in [0.717, 1.165) is 18.4 Å². The Hall–Kier alpha value is -1.76. The third kappa shape index (κ3) is 2.01. The molecule has 0 amide bonds. The first kappa shape index (κ1) is 12.7. The lowest BCUT2D eigenvalue weighted by Gasteiger charge is -2.33. The van der Waals surface area contributed by atoms with E-state index in [0.29, 0.717) is 5.75 Å². The maximum Gasteiger partial charge on any atom is 0.119 e. The van der Waals surface area contributed by atoms with Crippen LogP contribution < -0.4 is 0 Å². The Morgan fingerprint density at radius 3 is 1.94 bits per heavy atom. The van der Waals surface area contributed by atoms with Crippen LogP contribution in [-0.4, -0.2) is 5.11 Å². The predicted molar refractivity (Wildman–Crippen MR) is 75.9 cm³/mol. The molecule has 0 saturated carbocycles. The lowest BCUT2D eigenvalue weighted by Crippen LogP contribution is -2.26. The summed E-state index contributed by atoms with van der Waals surface area (Å²) in [6.45, 7) is 4.37. The number of phenolic OH excluding ortho intramolecular Hbond substituents is 1. The summed E-state index contributed by atoms with van der Waals surface area (Å²) < 4.78 is 0. The third-order valence-electron chi connectivity index (χ3n) is 3.95. The normalized spacial score (nSPS) is 11.4. The Morgan fingerprint density at radius 2 is 1.39 bits per heavy atom. The van der Waals surface area contributed by atoms with E-state index in [1.165, 1.54) is 5.56 Å². The summed E-state index contributed by atoms with van der Waals surface area (Å²) in [6.07, 6.45) is 1.95. The van der Waals surface area contributed by atoms with Crippen LogP contribution in [-0.2, 0) is 5.41 Å². The van der Waals surface area contributed by atoms with E-state index in [1.807, 2.05) is 24.3 Å². The summed E-state index contributed by atoms with van der Waals surface area (Å²) in [5, 5.41) is 10.2. The molecule has 0 heterocycles. The van der Waals surface area contributed by atoms with Crippen LogP contribution in [0.2, 0.25) is 0 Å². The van der Waals surface area contributed by atoms with E-state index < -0.39 is 0 Å². The van der Waals surface area contributed by atoms with E-state index >= 15 is 0 Å². The molecule has 0 fully saturated rings. The molecule has 1 heteroatoms. The second kappa shape index (κ2) is 5.26. The highest BCUT2D eigenvalue weighted by Gasteiger charge is 2.32. The minimum atomic E-state index is -0.0907. The predicted octanol–water partition coefficient (Wildman–Crippen LogP) is 4.50. The molecule has 0 saturated heterocycles. The van der Waals surface area contributed by atoms with Crippen LogP contribution in [0.25, 0.3) is 0 Å². The first-order chi connectivity index (χ1) is 8.74. The quantitative estimate of drug-likeness (QED) is 0.834. The van der Waals surface area contributed by atoms with Crippen LogP contribution in [0.15, 0.2) is 54.6 Å². The SMILES string of the molecule is CCC(CC)(c1ccccc1)c1ccccc1O. The topological polar surface area (TPSA) is 20.2 Å². The van der Waals surface area contributed by atoms with E-state index in [-0.39, 0.29) is 5.41 Å². The van der Waals surface area contributed by atoms with E-state index in [9.17, 15) is 5.11 Å². The van der Waals surface area contributed by atoms with Crippen LogP contribution in [0.4, 0.5) is 0 Å². The summed E-state index contributed by atoms with van der Waals surface area (Å²) in [5.41, 5.74) is 2.21. The van der Waals surface area contributed by atoms with Gasteiger partial charge in [0.2, 0.25) is 0 Å². The number of para-hydroxylation sites is 1. The molecule has 1 N–H and O–H groups in total.